The Bertz CT molecular complexity index is 336. The van der Waals surface area contributed by atoms with Gasteiger partial charge in [-0.3, -0.25) is 4.98 Å². The van der Waals surface area contributed by atoms with Crippen LogP contribution in [0.5, 0.6) is 0 Å². The van der Waals surface area contributed by atoms with Crippen molar-refractivity contribution in [1.29, 1.82) is 0 Å². The van der Waals surface area contributed by atoms with Crippen molar-refractivity contribution in [2.45, 2.75) is 19.1 Å². The van der Waals surface area contributed by atoms with Crippen molar-refractivity contribution in [3.8, 4) is 0 Å². The second kappa shape index (κ2) is 5.46. The molecule has 1 atom stereocenters. The normalized spacial score (nSPS) is 19.4. The summed E-state index contributed by atoms with van der Waals surface area (Å²) in [4.78, 5) is 15.3. The van der Waals surface area contributed by atoms with Crippen LogP contribution < -0.4 is 10.6 Å². The summed E-state index contributed by atoms with van der Waals surface area (Å²) in [7, 11) is 0. The van der Waals surface area contributed by atoms with Crippen LogP contribution in [-0.4, -0.2) is 30.2 Å². The smallest absolute Gasteiger partial charge is 0.407 e. The molecule has 0 spiro atoms. The van der Waals surface area contributed by atoms with Crippen LogP contribution in [0, 0.1) is 0 Å². The number of carbonyl (C=O) groups is 1. The van der Waals surface area contributed by atoms with Crippen LogP contribution in [0.2, 0.25) is 0 Å². The van der Waals surface area contributed by atoms with E-state index in [2.05, 4.69) is 15.6 Å². The first-order valence-corrected chi connectivity index (χ1v) is 5.37. The average molecular weight is 221 g/mol. The number of nitrogens with zero attached hydrogens (tertiary/aromatic N) is 1. The molecule has 0 saturated carbocycles. The quantitative estimate of drug-likeness (QED) is 0.787. The SMILES string of the molecule is O=C(NC1CCNC1)OCc1ccncc1. The van der Waals surface area contributed by atoms with Gasteiger partial charge in [-0.15, -0.1) is 0 Å². The van der Waals surface area contributed by atoms with E-state index in [-0.39, 0.29) is 18.7 Å². The lowest BCUT2D eigenvalue weighted by Crippen LogP contribution is -2.36. The van der Waals surface area contributed by atoms with Gasteiger partial charge in [-0.05, 0) is 30.7 Å². The maximum atomic E-state index is 11.4. The molecule has 1 aromatic heterocycles. The first kappa shape index (κ1) is 10.9. The molecular weight excluding hydrogens is 206 g/mol. The lowest BCUT2D eigenvalue weighted by Gasteiger charge is -2.11. The maximum Gasteiger partial charge on any atom is 0.407 e. The molecule has 0 aliphatic carbocycles. The van der Waals surface area contributed by atoms with E-state index in [1.165, 1.54) is 0 Å². The number of ether oxygens (including phenoxy) is 1. The number of carbonyl (C=O) groups excluding carboxylic acids is 1. The Morgan fingerprint density at radius 2 is 2.38 bits per heavy atom. The molecule has 5 heteroatoms. The van der Waals surface area contributed by atoms with Gasteiger partial charge in [-0.1, -0.05) is 0 Å². The van der Waals surface area contributed by atoms with E-state index in [0.29, 0.717) is 0 Å². The lowest BCUT2D eigenvalue weighted by molar-refractivity contribution is 0.136. The van der Waals surface area contributed by atoms with Gasteiger partial charge in [-0.25, -0.2) is 4.79 Å². The molecule has 0 radical (unpaired) electrons. The standard InChI is InChI=1S/C11H15N3O2/c15-11(14-10-3-6-13-7-10)16-8-9-1-4-12-5-2-9/h1-2,4-5,10,13H,3,6-8H2,(H,14,15). The Morgan fingerprint density at radius 3 is 3.06 bits per heavy atom. The molecule has 2 N–H and O–H groups in total. The number of pyridine rings is 1. The van der Waals surface area contributed by atoms with E-state index in [0.717, 1.165) is 25.1 Å². The van der Waals surface area contributed by atoms with E-state index in [1.54, 1.807) is 12.4 Å². The summed E-state index contributed by atoms with van der Waals surface area (Å²) in [5.41, 5.74) is 0.940. The first-order chi connectivity index (χ1) is 7.84. The summed E-state index contributed by atoms with van der Waals surface area (Å²) >= 11 is 0. The van der Waals surface area contributed by atoms with Gasteiger partial charge in [-0.2, -0.15) is 0 Å². The van der Waals surface area contributed by atoms with Crippen molar-refractivity contribution < 1.29 is 9.53 Å². The molecule has 1 aliphatic heterocycles. The van der Waals surface area contributed by atoms with Crippen LogP contribution in [-0.2, 0) is 11.3 Å². The van der Waals surface area contributed by atoms with Crippen molar-refractivity contribution >= 4 is 6.09 Å². The van der Waals surface area contributed by atoms with Crippen molar-refractivity contribution in [2.75, 3.05) is 13.1 Å². The van der Waals surface area contributed by atoms with Crippen LogP contribution in [0.3, 0.4) is 0 Å². The van der Waals surface area contributed by atoms with E-state index >= 15 is 0 Å². The minimum Gasteiger partial charge on any atom is -0.445 e. The summed E-state index contributed by atoms with van der Waals surface area (Å²) < 4.78 is 5.08. The molecular formula is C11H15N3O2. The maximum absolute atomic E-state index is 11.4. The molecule has 1 amide bonds. The minimum absolute atomic E-state index is 0.199. The van der Waals surface area contributed by atoms with Crippen LogP contribution in [0.4, 0.5) is 4.79 Å². The number of alkyl carbamates (subject to hydrolysis) is 1. The Hall–Kier alpha value is -1.62. The number of aromatic nitrogens is 1. The number of rotatable bonds is 3. The second-order valence-electron chi connectivity index (χ2n) is 3.77. The Kier molecular flexibility index (Phi) is 3.71. The highest BCUT2D eigenvalue weighted by molar-refractivity contribution is 5.67. The predicted molar refractivity (Wildman–Crippen MR) is 58.8 cm³/mol. The highest BCUT2D eigenvalue weighted by Crippen LogP contribution is 2.01. The number of amides is 1. The van der Waals surface area contributed by atoms with E-state index in [4.69, 9.17) is 4.74 Å². The molecule has 0 bridgehead atoms. The zero-order chi connectivity index (χ0) is 11.2. The van der Waals surface area contributed by atoms with Gasteiger partial charge in [0.1, 0.15) is 6.61 Å². The predicted octanol–water partition coefficient (Wildman–Crippen LogP) is 0.670. The topological polar surface area (TPSA) is 63.2 Å². The molecule has 1 saturated heterocycles. The molecule has 16 heavy (non-hydrogen) atoms. The Labute approximate surface area is 94.2 Å². The third-order valence-electron chi connectivity index (χ3n) is 2.50. The summed E-state index contributed by atoms with van der Waals surface area (Å²) in [6.07, 6.45) is 3.96. The highest BCUT2D eigenvalue weighted by atomic mass is 16.5. The van der Waals surface area contributed by atoms with Crippen molar-refractivity contribution in [1.82, 2.24) is 15.6 Å². The van der Waals surface area contributed by atoms with Crippen LogP contribution >= 0.6 is 0 Å². The van der Waals surface area contributed by atoms with Crippen molar-refractivity contribution in [2.24, 2.45) is 0 Å². The molecule has 1 aliphatic rings. The number of nitrogens with one attached hydrogen (secondary N) is 2. The molecule has 2 rings (SSSR count). The first-order valence-electron chi connectivity index (χ1n) is 5.37. The average Bonchev–Trinajstić information content (AvgIpc) is 2.81. The van der Waals surface area contributed by atoms with Gasteiger partial charge < -0.3 is 15.4 Å². The van der Waals surface area contributed by atoms with Crippen LogP contribution in [0.25, 0.3) is 0 Å². The molecule has 1 fully saturated rings. The molecule has 86 valence electrons. The van der Waals surface area contributed by atoms with Gasteiger partial charge in [0.2, 0.25) is 0 Å². The van der Waals surface area contributed by atoms with Crippen LogP contribution in [0.1, 0.15) is 12.0 Å². The second-order valence-corrected chi connectivity index (χ2v) is 3.77. The largest absolute Gasteiger partial charge is 0.445 e. The molecule has 1 unspecified atom stereocenters. The fraction of sp³-hybridized carbons (Fsp3) is 0.455. The zero-order valence-corrected chi connectivity index (χ0v) is 8.98. The van der Waals surface area contributed by atoms with Crippen LogP contribution in [0.15, 0.2) is 24.5 Å². The Balaban J connectivity index is 1.71. The van der Waals surface area contributed by atoms with Gasteiger partial charge in [0.05, 0.1) is 0 Å². The summed E-state index contributed by atoms with van der Waals surface area (Å²) in [6.45, 7) is 2.06. The lowest BCUT2D eigenvalue weighted by atomic mass is 10.3. The molecule has 1 aromatic rings. The third kappa shape index (κ3) is 3.20. The Morgan fingerprint density at radius 1 is 1.56 bits per heavy atom. The summed E-state index contributed by atoms with van der Waals surface area (Å²) in [5.74, 6) is 0. The van der Waals surface area contributed by atoms with E-state index in [9.17, 15) is 4.79 Å². The minimum atomic E-state index is -0.356. The fourth-order valence-corrected chi connectivity index (χ4v) is 1.61. The summed E-state index contributed by atoms with van der Waals surface area (Å²) in [5, 5.41) is 5.98. The third-order valence-corrected chi connectivity index (χ3v) is 2.50. The molecule has 5 nitrogen and oxygen atoms in total. The highest BCUT2D eigenvalue weighted by Gasteiger charge is 2.16. The molecule has 0 aromatic carbocycles. The van der Waals surface area contributed by atoms with Gasteiger partial charge in [0, 0.05) is 25.0 Å². The van der Waals surface area contributed by atoms with Crippen molar-refractivity contribution in [3.63, 3.8) is 0 Å². The van der Waals surface area contributed by atoms with E-state index in [1.807, 2.05) is 12.1 Å². The number of hydrogen-bond donors (Lipinski definition) is 2. The fourth-order valence-electron chi connectivity index (χ4n) is 1.61. The zero-order valence-electron chi connectivity index (χ0n) is 8.98. The van der Waals surface area contributed by atoms with Gasteiger partial charge in [0.15, 0.2) is 0 Å². The van der Waals surface area contributed by atoms with Crippen molar-refractivity contribution in [3.05, 3.63) is 30.1 Å². The summed E-state index contributed by atoms with van der Waals surface area (Å²) in [6, 6.07) is 3.85. The number of hydrogen-bond acceptors (Lipinski definition) is 4. The van der Waals surface area contributed by atoms with Gasteiger partial charge >= 0.3 is 6.09 Å². The monoisotopic (exact) mass is 221 g/mol. The molecule has 2 heterocycles. The van der Waals surface area contributed by atoms with E-state index < -0.39 is 0 Å². The van der Waals surface area contributed by atoms with Gasteiger partial charge in [0.25, 0.3) is 0 Å².